The Morgan fingerprint density at radius 3 is 2.88 bits per heavy atom. The van der Waals surface area contributed by atoms with Crippen molar-refractivity contribution in [2.45, 2.75) is 57.2 Å². The number of rotatable bonds is 7. The van der Waals surface area contributed by atoms with Crippen LogP contribution < -0.4 is 0 Å². The summed E-state index contributed by atoms with van der Waals surface area (Å²) >= 11 is 0. The highest BCUT2D eigenvalue weighted by Gasteiger charge is 2.46. The first-order valence-corrected chi connectivity index (χ1v) is 6.57. The molecule has 0 amide bonds. The first-order valence-electron chi connectivity index (χ1n) is 6.57. The van der Waals surface area contributed by atoms with Crippen LogP contribution in [0.25, 0.3) is 0 Å². The SMILES string of the molecule is O=CCCCCCOC(=O)C1CCC2OC2C1. The average molecular weight is 240 g/mol. The van der Waals surface area contributed by atoms with Gasteiger partial charge in [0.25, 0.3) is 0 Å². The van der Waals surface area contributed by atoms with E-state index in [2.05, 4.69) is 0 Å². The van der Waals surface area contributed by atoms with Gasteiger partial charge in [0.05, 0.1) is 24.7 Å². The molecule has 3 atom stereocenters. The van der Waals surface area contributed by atoms with Crippen LogP contribution in [0.3, 0.4) is 0 Å². The second-order valence-electron chi connectivity index (χ2n) is 4.91. The van der Waals surface area contributed by atoms with E-state index in [0.29, 0.717) is 25.2 Å². The van der Waals surface area contributed by atoms with Gasteiger partial charge in [0.15, 0.2) is 0 Å². The number of epoxide rings is 1. The fourth-order valence-electron chi connectivity index (χ4n) is 2.42. The fourth-order valence-corrected chi connectivity index (χ4v) is 2.42. The fraction of sp³-hybridized carbons (Fsp3) is 0.846. The van der Waals surface area contributed by atoms with Crippen LogP contribution in [0.2, 0.25) is 0 Å². The van der Waals surface area contributed by atoms with Gasteiger partial charge in [0.2, 0.25) is 0 Å². The molecule has 1 aliphatic carbocycles. The Kier molecular flexibility index (Phi) is 4.54. The van der Waals surface area contributed by atoms with Crippen LogP contribution >= 0.6 is 0 Å². The molecule has 0 radical (unpaired) electrons. The Morgan fingerprint density at radius 1 is 1.24 bits per heavy atom. The van der Waals surface area contributed by atoms with Crippen LogP contribution in [0.4, 0.5) is 0 Å². The summed E-state index contributed by atoms with van der Waals surface area (Å²) in [7, 11) is 0. The van der Waals surface area contributed by atoms with Crippen molar-refractivity contribution >= 4 is 12.3 Å². The summed E-state index contributed by atoms with van der Waals surface area (Å²) in [5.74, 6) is -0.0111. The summed E-state index contributed by atoms with van der Waals surface area (Å²) in [5, 5.41) is 0. The monoisotopic (exact) mass is 240 g/mol. The molecule has 0 aromatic carbocycles. The number of aldehydes is 1. The van der Waals surface area contributed by atoms with E-state index in [-0.39, 0.29) is 11.9 Å². The molecule has 4 heteroatoms. The van der Waals surface area contributed by atoms with E-state index >= 15 is 0 Å². The topological polar surface area (TPSA) is 55.9 Å². The van der Waals surface area contributed by atoms with Crippen LogP contribution in [0.5, 0.6) is 0 Å². The number of hydrogen-bond acceptors (Lipinski definition) is 4. The summed E-state index contributed by atoms with van der Waals surface area (Å²) in [6, 6.07) is 0. The number of ether oxygens (including phenoxy) is 2. The van der Waals surface area contributed by atoms with Crippen molar-refractivity contribution in [2.24, 2.45) is 5.92 Å². The molecule has 96 valence electrons. The highest BCUT2D eigenvalue weighted by atomic mass is 16.6. The number of esters is 1. The van der Waals surface area contributed by atoms with Gasteiger partial charge in [0.1, 0.15) is 6.29 Å². The zero-order chi connectivity index (χ0) is 12.1. The Labute approximate surface area is 102 Å². The third-order valence-electron chi connectivity index (χ3n) is 3.55. The maximum Gasteiger partial charge on any atom is 0.309 e. The summed E-state index contributed by atoms with van der Waals surface area (Å²) in [5.41, 5.74) is 0. The molecule has 4 nitrogen and oxygen atoms in total. The van der Waals surface area contributed by atoms with Crippen molar-refractivity contribution in [2.75, 3.05) is 6.61 Å². The average Bonchev–Trinajstić information content (AvgIpc) is 3.11. The van der Waals surface area contributed by atoms with Crippen LogP contribution in [0.15, 0.2) is 0 Å². The van der Waals surface area contributed by atoms with Gasteiger partial charge in [-0.3, -0.25) is 4.79 Å². The minimum atomic E-state index is -0.0608. The molecular formula is C13H20O4. The van der Waals surface area contributed by atoms with Crippen LogP contribution in [0.1, 0.15) is 44.9 Å². The maximum absolute atomic E-state index is 11.7. The van der Waals surface area contributed by atoms with Crippen molar-refractivity contribution in [3.05, 3.63) is 0 Å². The molecule has 1 heterocycles. The van der Waals surface area contributed by atoms with Gasteiger partial charge >= 0.3 is 5.97 Å². The molecule has 2 fully saturated rings. The molecule has 1 saturated heterocycles. The van der Waals surface area contributed by atoms with Crippen molar-refractivity contribution < 1.29 is 19.1 Å². The first-order chi connectivity index (χ1) is 8.31. The Bertz CT molecular complexity index is 277. The van der Waals surface area contributed by atoms with Crippen molar-refractivity contribution in [1.82, 2.24) is 0 Å². The van der Waals surface area contributed by atoms with E-state index in [1.165, 1.54) is 0 Å². The second kappa shape index (κ2) is 6.15. The largest absolute Gasteiger partial charge is 0.465 e. The molecule has 2 aliphatic rings. The molecule has 1 aliphatic heterocycles. The lowest BCUT2D eigenvalue weighted by atomic mass is 9.89. The third kappa shape index (κ3) is 3.80. The van der Waals surface area contributed by atoms with Crippen molar-refractivity contribution in [1.29, 1.82) is 0 Å². The normalized spacial score (nSPS) is 30.5. The number of carbonyl (C=O) groups is 2. The predicted octanol–water partition coefficient (Wildman–Crippen LogP) is 1.86. The Morgan fingerprint density at radius 2 is 2.12 bits per heavy atom. The molecule has 3 unspecified atom stereocenters. The van der Waals surface area contributed by atoms with Gasteiger partial charge in [0, 0.05) is 6.42 Å². The lowest BCUT2D eigenvalue weighted by Crippen LogP contribution is -2.24. The first kappa shape index (κ1) is 12.6. The van der Waals surface area contributed by atoms with Crippen molar-refractivity contribution in [3.8, 4) is 0 Å². The zero-order valence-electron chi connectivity index (χ0n) is 10.1. The molecular weight excluding hydrogens is 220 g/mol. The van der Waals surface area contributed by atoms with Gasteiger partial charge in [-0.25, -0.2) is 0 Å². The molecule has 0 spiro atoms. The van der Waals surface area contributed by atoms with Gasteiger partial charge in [-0.1, -0.05) is 0 Å². The van der Waals surface area contributed by atoms with Gasteiger partial charge in [-0.05, 0) is 38.5 Å². The van der Waals surface area contributed by atoms with Crippen LogP contribution in [-0.4, -0.2) is 31.1 Å². The van der Waals surface area contributed by atoms with Crippen LogP contribution in [-0.2, 0) is 19.1 Å². The van der Waals surface area contributed by atoms with E-state index in [4.69, 9.17) is 9.47 Å². The molecule has 0 N–H and O–H groups in total. The van der Waals surface area contributed by atoms with E-state index in [1.807, 2.05) is 0 Å². The van der Waals surface area contributed by atoms with E-state index in [0.717, 1.165) is 44.8 Å². The standard InChI is InChI=1S/C13H20O4/c14-7-3-1-2-4-8-16-13(15)10-5-6-11-12(9-10)17-11/h7,10-12H,1-6,8-9H2. The molecule has 2 rings (SSSR count). The summed E-state index contributed by atoms with van der Waals surface area (Å²) in [6.45, 7) is 0.489. The molecule has 0 aromatic heterocycles. The highest BCUT2D eigenvalue weighted by molar-refractivity contribution is 5.72. The van der Waals surface area contributed by atoms with E-state index < -0.39 is 0 Å². The number of fused-ring (bicyclic) bond motifs is 1. The lowest BCUT2D eigenvalue weighted by molar-refractivity contribution is -0.149. The smallest absolute Gasteiger partial charge is 0.309 e. The molecule has 17 heavy (non-hydrogen) atoms. The minimum absolute atomic E-state index is 0.0497. The van der Waals surface area contributed by atoms with E-state index in [1.54, 1.807) is 0 Å². The predicted molar refractivity (Wildman–Crippen MR) is 61.5 cm³/mol. The zero-order valence-corrected chi connectivity index (χ0v) is 10.1. The number of carbonyl (C=O) groups excluding carboxylic acids is 2. The summed E-state index contributed by atoms with van der Waals surface area (Å²) in [6.07, 6.45) is 7.75. The van der Waals surface area contributed by atoms with E-state index in [9.17, 15) is 9.59 Å². The molecule has 1 saturated carbocycles. The van der Waals surface area contributed by atoms with Gasteiger partial charge < -0.3 is 14.3 Å². The van der Waals surface area contributed by atoms with Crippen molar-refractivity contribution in [3.63, 3.8) is 0 Å². The highest BCUT2D eigenvalue weighted by Crippen LogP contribution is 2.39. The summed E-state index contributed by atoms with van der Waals surface area (Å²) in [4.78, 5) is 21.8. The van der Waals surface area contributed by atoms with Crippen LogP contribution in [0, 0.1) is 5.92 Å². The second-order valence-corrected chi connectivity index (χ2v) is 4.91. The molecule has 0 aromatic rings. The Balaban J connectivity index is 1.52. The number of unbranched alkanes of at least 4 members (excludes halogenated alkanes) is 3. The summed E-state index contributed by atoms with van der Waals surface area (Å²) < 4.78 is 10.6. The molecule has 0 bridgehead atoms. The van der Waals surface area contributed by atoms with Gasteiger partial charge in [-0.15, -0.1) is 0 Å². The third-order valence-corrected chi connectivity index (χ3v) is 3.55. The number of hydrogen-bond donors (Lipinski definition) is 0. The Hall–Kier alpha value is -0.900. The maximum atomic E-state index is 11.7. The van der Waals surface area contributed by atoms with Gasteiger partial charge in [-0.2, -0.15) is 0 Å². The minimum Gasteiger partial charge on any atom is -0.465 e. The lowest BCUT2D eigenvalue weighted by Gasteiger charge is -2.17. The quantitative estimate of drug-likeness (QED) is 0.295.